The van der Waals surface area contributed by atoms with Crippen molar-refractivity contribution < 1.29 is 14.3 Å². The van der Waals surface area contributed by atoms with E-state index in [2.05, 4.69) is 34.6 Å². The zero-order valence-corrected chi connectivity index (χ0v) is 14.4. The molecule has 132 valence electrons. The van der Waals surface area contributed by atoms with Gasteiger partial charge in [0, 0.05) is 24.6 Å². The molecule has 2 aliphatic heterocycles. The second kappa shape index (κ2) is 5.77. The minimum atomic E-state index is -0.667. The largest absolute Gasteiger partial charge is 0.497 e. The second-order valence-corrected chi connectivity index (χ2v) is 6.91. The van der Waals surface area contributed by atoms with E-state index in [-0.39, 0.29) is 11.5 Å². The van der Waals surface area contributed by atoms with Crippen molar-refractivity contribution in [3.05, 3.63) is 35.4 Å². The summed E-state index contributed by atoms with van der Waals surface area (Å²) in [6.07, 6.45) is 5.72. The lowest BCUT2D eigenvalue weighted by Gasteiger charge is -2.34. The van der Waals surface area contributed by atoms with Crippen molar-refractivity contribution in [3.8, 4) is 11.5 Å². The maximum atomic E-state index is 10.9. The van der Waals surface area contributed by atoms with Crippen LogP contribution in [0.2, 0.25) is 0 Å². The summed E-state index contributed by atoms with van der Waals surface area (Å²) in [5, 5.41) is 4.07. The topological polar surface area (TPSA) is 89.2 Å². The number of carbonyl (C=O) groups excluding carboxylic acids is 1. The summed E-state index contributed by atoms with van der Waals surface area (Å²) in [4.78, 5) is 13.2. The number of hydrogen-bond acceptors (Lipinski definition) is 5. The van der Waals surface area contributed by atoms with E-state index in [1.807, 2.05) is 12.1 Å². The van der Waals surface area contributed by atoms with Gasteiger partial charge in [0.25, 0.3) is 0 Å². The number of hydrogen-bond donors (Lipinski definition) is 2. The smallest absolute Gasteiger partial charge is 0.332 e. The van der Waals surface area contributed by atoms with Gasteiger partial charge in [0.2, 0.25) is 0 Å². The van der Waals surface area contributed by atoms with Crippen molar-refractivity contribution in [2.45, 2.75) is 30.9 Å². The molecule has 0 fully saturated rings. The molecule has 25 heavy (non-hydrogen) atoms. The van der Waals surface area contributed by atoms with Gasteiger partial charge in [-0.3, -0.25) is 0 Å². The molecule has 2 amide bonds. The third kappa shape index (κ3) is 2.55. The number of hydrazone groups is 1. The molecule has 0 saturated carbocycles. The molecule has 0 radical (unpaired) electrons. The maximum Gasteiger partial charge on any atom is 0.332 e. The van der Waals surface area contributed by atoms with E-state index >= 15 is 0 Å². The molecule has 1 aliphatic carbocycles. The van der Waals surface area contributed by atoms with Crippen LogP contribution in [0.4, 0.5) is 4.79 Å². The Kier molecular flexibility index (Phi) is 3.68. The molecule has 1 spiro atoms. The Morgan fingerprint density at radius 2 is 2.36 bits per heavy atom. The van der Waals surface area contributed by atoms with Gasteiger partial charge in [-0.05, 0) is 37.7 Å². The van der Waals surface area contributed by atoms with Crippen LogP contribution in [0.5, 0.6) is 11.5 Å². The lowest BCUT2D eigenvalue weighted by atomic mass is 9.69. The van der Waals surface area contributed by atoms with Crippen LogP contribution in [-0.4, -0.2) is 43.4 Å². The first-order valence-electron chi connectivity index (χ1n) is 8.39. The van der Waals surface area contributed by atoms with Crippen LogP contribution in [0.1, 0.15) is 24.0 Å². The number of nitrogens with zero attached hydrogens (tertiary/aromatic N) is 2. The van der Waals surface area contributed by atoms with E-state index in [1.165, 1.54) is 11.1 Å². The van der Waals surface area contributed by atoms with Crippen LogP contribution in [0.3, 0.4) is 0 Å². The van der Waals surface area contributed by atoms with Crippen molar-refractivity contribution in [1.29, 1.82) is 0 Å². The van der Waals surface area contributed by atoms with E-state index in [1.54, 1.807) is 7.11 Å². The predicted octanol–water partition coefficient (Wildman–Crippen LogP) is 1.51. The molecule has 7 heteroatoms. The SMILES string of the molecule is COc1cc2c3c(c1)OC1C/C(=N/NC(N)=O)C=C[C@]31CCN(C)C2. The molecular formula is C18H22N4O3. The molecule has 3 N–H and O–H groups in total. The molecule has 7 nitrogen and oxygen atoms in total. The Balaban J connectivity index is 1.79. The second-order valence-electron chi connectivity index (χ2n) is 6.91. The number of urea groups is 1. The van der Waals surface area contributed by atoms with Crippen molar-refractivity contribution in [3.63, 3.8) is 0 Å². The van der Waals surface area contributed by atoms with Gasteiger partial charge >= 0.3 is 6.03 Å². The molecule has 0 saturated heterocycles. The van der Waals surface area contributed by atoms with Gasteiger partial charge in [0.05, 0.1) is 18.2 Å². The highest BCUT2D eigenvalue weighted by Gasteiger charge is 2.51. The highest BCUT2D eigenvalue weighted by Crippen LogP contribution is 2.53. The lowest BCUT2D eigenvalue weighted by molar-refractivity contribution is 0.161. The van der Waals surface area contributed by atoms with Gasteiger partial charge in [-0.2, -0.15) is 5.10 Å². The average Bonchev–Trinajstić information content (AvgIpc) is 2.83. The Bertz CT molecular complexity index is 789. The van der Waals surface area contributed by atoms with E-state index in [0.29, 0.717) is 6.42 Å². The maximum absolute atomic E-state index is 10.9. The van der Waals surface area contributed by atoms with Gasteiger partial charge in [-0.15, -0.1) is 0 Å². The Morgan fingerprint density at radius 3 is 3.12 bits per heavy atom. The molecule has 1 aromatic carbocycles. The first-order valence-corrected chi connectivity index (χ1v) is 8.39. The highest BCUT2D eigenvalue weighted by atomic mass is 16.5. The standard InChI is InChI=1S/C18H22N4O3/c1-22-6-5-18-4-3-12(20-21-17(19)23)8-15(18)25-14-9-13(24-2)7-11(10-22)16(14)18/h3-4,7,9,15H,5-6,8,10H2,1-2H3,(H3,19,21,23)/b20-12+/t15?,18-/m1/s1. The van der Waals surface area contributed by atoms with Crippen molar-refractivity contribution in [1.82, 2.24) is 10.3 Å². The number of ether oxygens (including phenoxy) is 2. The Labute approximate surface area is 146 Å². The first kappa shape index (κ1) is 16.0. The Hall–Kier alpha value is -2.54. The third-order valence-electron chi connectivity index (χ3n) is 5.33. The third-order valence-corrected chi connectivity index (χ3v) is 5.33. The molecule has 1 aromatic rings. The number of rotatable bonds is 2. The molecule has 2 heterocycles. The van der Waals surface area contributed by atoms with Crippen LogP contribution in [-0.2, 0) is 12.0 Å². The quantitative estimate of drug-likeness (QED) is 0.798. The fraction of sp³-hybridized carbons (Fsp3) is 0.444. The van der Waals surface area contributed by atoms with E-state index < -0.39 is 6.03 Å². The van der Waals surface area contributed by atoms with E-state index in [4.69, 9.17) is 15.2 Å². The number of nitrogens with two attached hydrogens (primary N) is 1. The summed E-state index contributed by atoms with van der Waals surface area (Å²) in [6, 6.07) is 3.41. The molecule has 0 aromatic heterocycles. The molecule has 2 atom stereocenters. The van der Waals surface area contributed by atoms with Gasteiger partial charge < -0.3 is 20.1 Å². The van der Waals surface area contributed by atoms with E-state index in [9.17, 15) is 4.79 Å². The molecule has 1 unspecified atom stereocenters. The average molecular weight is 342 g/mol. The minimum absolute atomic E-state index is 0.0433. The number of primary amides is 1. The van der Waals surface area contributed by atoms with Crippen molar-refractivity contribution in [2.24, 2.45) is 10.8 Å². The summed E-state index contributed by atoms with van der Waals surface area (Å²) in [5.41, 5.74) is 10.5. The summed E-state index contributed by atoms with van der Waals surface area (Å²) < 4.78 is 11.8. The molecule has 3 aliphatic rings. The number of carbonyl (C=O) groups is 1. The van der Waals surface area contributed by atoms with Crippen LogP contribution >= 0.6 is 0 Å². The van der Waals surface area contributed by atoms with Crippen LogP contribution in [0.25, 0.3) is 0 Å². The summed E-state index contributed by atoms with van der Waals surface area (Å²) in [7, 11) is 3.81. The van der Waals surface area contributed by atoms with Crippen LogP contribution in [0.15, 0.2) is 29.4 Å². The number of allylic oxidation sites excluding steroid dienone is 1. The fourth-order valence-corrected chi connectivity index (χ4v) is 4.17. The zero-order chi connectivity index (χ0) is 17.6. The monoisotopic (exact) mass is 342 g/mol. The Morgan fingerprint density at radius 1 is 1.52 bits per heavy atom. The molecule has 4 rings (SSSR count). The van der Waals surface area contributed by atoms with Gasteiger partial charge in [0.1, 0.15) is 17.6 Å². The molecular weight excluding hydrogens is 320 g/mol. The summed E-state index contributed by atoms with van der Waals surface area (Å²) in [6.45, 7) is 1.85. The van der Waals surface area contributed by atoms with Gasteiger partial charge in [0.15, 0.2) is 0 Å². The van der Waals surface area contributed by atoms with E-state index in [0.717, 1.165) is 36.7 Å². The summed E-state index contributed by atoms with van der Waals surface area (Å²) in [5.74, 6) is 1.70. The predicted molar refractivity (Wildman–Crippen MR) is 94.0 cm³/mol. The minimum Gasteiger partial charge on any atom is -0.497 e. The van der Waals surface area contributed by atoms with Crippen molar-refractivity contribution >= 4 is 11.7 Å². The lowest BCUT2D eigenvalue weighted by Crippen LogP contribution is -2.42. The number of amides is 2. The van der Waals surface area contributed by atoms with Gasteiger partial charge in [-0.1, -0.05) is 6.08 Å². The first-order chi connectivity index (χ1) is 12.0. The molecule has 0 bridgehead atoms. The number of benzene rings is 1. The highest BCUT2D eigenvalue weighted by molar-refractivity contribution is 5.97. The van der Waals surface area contributed by atoms with Gasteiger partial charge in [-0.25, -0.2) is 10.2 Å². The van der Waals surface area contributed by atoms with Crippen LogP contribution in [0, 0.1) is 0 Å². The zero-order valence-electron chi connectivity index (χ0n) is 14.4. The number of methoxy groups -OCH3 is 1. The van der Waals surface area contributed by atoms with Crippen LogP contribution < -0.4 is 20.6 Å². The summed E-state index contributed by atoms with van der Waals surface area (Å²) >= 11 is 0. The normalized spacial score (nSPS) is 28.7. The fourth-order valence-electron chi connectivity index (χ4n) is 4.17. The van der Waals surface area contributed by atoms with Crippen molar-refractivity contribution in [2.75, 3.05) is 20.7 Å². The number of nitrogens with one attached hydrogen (secondary N) is 1.